The lowest BCUT2D eigenvalue weighted by Crippen LogP contribution is -2.50. The van der Waals surface area contributed by atoms with E-state index in [-0.39, 0.29) is 24.7 Å². The smallest absolute Gasteiger partial charge is 0.410 e. The van der Waals surface area contributed by atoms with Gasteiger partial charge in [-0.05, 0) is 63.8 Å². The number of hydrogen-bond acceptors (Lipinski definition) is 8. The lowest BCUT2D eigenvalue weighted by Gasteiger charge is -2.37. The van der Waals surface area contributed by atoms with Gasteiger partial charge in [0.2, 0.25) is 0 Å². The van der Waals surface area contributed by atoms with Gasteiger partial charge in [-0.1, -0.05) is 0 Å². The van der Waals surface area contributed by atoms with Gasteiger partial charge in [0.1, 0.15) is 5.60 Å². The van der Waals surface area contributed by atoms with Crippen LogP contribution in [0, 0.1) is 11.8 Å². The summed E-state index contributed by atoms with van der Waals surface area (Å²) in [5.74, 6) is -2.16. The molecule has 4 rings (SSSR count). The number of carbonyl (C=O) groups is 4. The van der Waals surface area contributed by atoms with Crippen LogP contribution in [0.5, 0.6) is 0 Å². The van der Waals surface area contributed by atoms with Gasteiger partial charge < -0.3 is 24.0 Å². The number of fused-ring (bicyclic) bond motifs is 2. The Bertz CT molecular complexity index is 1050. The van der Waals surface area contributed by atoms with Gasteiger partial charge in [0.15, 0.2) is 5.78 Å². The Balaban J connectivity index is 1.52. The third-order valence-electron chi connectivity index (χ3n) is 7.56. The number of ketones is 1. The minimum Gasteiger partial charge on any atom is -0.469 e. The number of carbonyl (C=O) groups excluding carboxylic acids is 4. The van der Waals surface area contributed by atoms with E-state index in [0.717, 1.165) is 24.1 Å². The zero-order valence-corrected chi connectivity index (χ0v) is 21.8. The van der Waals surface area contributed by atoms with Crippen LogP contribution >= 0.6 is 0 Å². The number of rotatable bonds is 6. The first-order valence-electron chi connectivity index (χ1n) is 12.6. The van der Waals surface area contributed by atoms with E-state index in [2.05, 4.69) is 11.0 Å². The van der Waals surface area contributed by atoms with Gasteiger partial charge in [-0.3, -0.25) is 14.4 Å². The van der Waals surface area contributed by atoms with Crippen molar-refractivity contribution in [3.63, 3.8) is 0 Å². The Morgan fingerprint density at radius 3 is 2.28 bits per heavy atom. The number of ether oxygens (including phenoxy) is 3. The minimum atomic E-state index is -0.697. The van der Waals surface area contributed by atoms with Crippen molar-refractivity contribution in [2.45, 2.75) is 57.5 Å². The maximum absolute atomic E-state index is 13.6. The summed E-state index contributed by atoms with van der Waals surface area (Å²) in [7, 11) is 2.62. The molecule has 0 N–H and O–H groups in total. The number of benzene rings is 1. The number of nitrogens with zero attached hydrogens (tertiary/aromatic N) is 2. The summed E-state index contributed by atoms with van der Waals surface area (Å²) < 4.78 is 15.3. The molecule has 0 aromatic heterocycles. The van der Waals surface area contributed by atoms with Crippen LogP contribution in [-0.4, -0.2) is 74.7 Å². The van der Waals surface area contributed by atoms with Crippen LogP contribution in [-0.2, 0) is 29.2 Å². The zero-order chi connectivity index (χ0) is 26.3. The number of piperazine rings is 1. The van der Waals surface area contributed by atoms with Gasteiger partial charge in [-0.25, -0.2) is 4.79 Å². The van der Waals surface area contributed by atoms with E-state index in [1.165, 1.54) is 14.2 Å². The standard InChI is InChI=1S/C27H36N2O7/c1-26(2,3)36-25(33)29-14-12-28(13-15-29)17-6-7-18-20(16-17)27(10-11-27)22(23(18)31)19(24(32)35-5)8-9-21(30)34-4/h6-7,16,19,22H,8-15H2,1-5H3. The Hall–Kier alpha value is -3.10. The van der Waals surface area contributed by atoms with E-state index in [1.807, 2.05) is 32.9 Å². The molecule has 1 heterocycles. The van der Waals surface area contributed by atoms with Crippen LogP contribution in [0.4, 0.5) is 10.5 Å². The summed E-state index contributed by atoms with van der Waals surface area (Å²) in [6.07, 6.45) is 1.60. The molecule has 1 spiro atoms. The number of esters is 2. The molecule has 0 radical (unpaired) electrons. The molecule has 2 fully saturated rings. The molecule has 3 aliphatic rings. The third-order valence-corrected chi connectivity index (χ3v) is 7.56. The topological polar surface area (TPSA) is 102 Å². The molecule has 2 atom stereocenters. The van der Waals surface area contributed by atoms with Gasteiger partial charge in [0, 0.05) is 55.2 Å². The quantitative estimate of drug-likeness (QED) is 0.433. The molecular formula is C27H36N2O7. The number of Topliss-reactive ketones (excluding diaryl/α,β-unsaturated/α-hetero) is 1. The molecule has 0 bridgehead atoms. The second-order valence-electron chi connectivity index (χ2n) is 10.9. The highest BCUT2D eigenvalue weighted by molar-refractivity contribution is 6.07. The van der Waals surface area contributed by atoms with Crippen LogP contribution in [0.15, 0.2) is 18.2 Å². The molecule has 1 aromatic carbocycles. The number of hydrogen-bond donors (Lipinski definition) is 0. The second-order valence-corrected chi connectivity index (χ2v) is 10.9. The fraction of sp³-hybridized carbons (Fsp3) is 0.630. The Kier molecular flexibility index (Phi) is 7.03. The van der Waals surface area contributed by atoms with E-state index in [0.29, 0.717) is 31.7 Å². The predicted molar refractivity (Wildman–Crippen MR) is 132 cm³/mol. The molecular weight excluding hydrogens is 464 g/mol. The maximum atomic E-state index is 13.6. The van der Waals surface area contributed by atoms with Crippen LogP contribution in [0.25, 0.3) is 0 Å². The zero-order valence-electron chi connectivity index (χ0n) is 21.8. The number of amides is 1. The molecule has 1 amide bonds. The monoisotopic (exact) mass is 500 g/mol. The van der Waals surface area contributed by atoms with E-state index >= 15 is 0 Å². The Morgan fingerprint density at radius 1 is 1.06 bits per heavy atom. The van der Waals surface area contributed by atoms with Crippen molar-refractivity contribution < 1.29 is 33.4 Å². The van der Waals surface area contributed by atoms with Crippen molar-refractivity contribution in [1.82, 2.24) is 4.90 Å². The normalized spacial score (nSPS) is 21.1. The van der Waals surface area contributed by atoms with Gasteiger partial charge in [-0.15, -0.1) is 0 Å². The highest BCUT2D eigenvalue weighted by atomic mass is 16.6. The van der Waals surface area contributed by atoms with E-state index in [4.69, 9.17) is 14.2 Å². The van der Waals surface area contributed by atoms with Crippen molar-refractivity contribution in [2.24, 2.45) is 11.8 Å². The average Bonchev–Trinajstić information content (AvgIpc) is 3.61. The fourth-order valence-corrected chi connectivity index (χ4v) is 5.65. The van der Waals surface area contributed by atoms with E-state index in [1.54, 1.807) is 4.90 Å². The molecule has 1 saturated carbocycles. The van der Waals surface area contributed by atoms with E-state index in [9.17, 15) is 19.2 Å². The molecule has 9 nitrogen and oxygen atoms in total. The highest BCUT2D eigenvalue weighted by Crippen LogP contribution is 2.62. The first-order valence-corrected chi connectivity index (χ1v) is 12.6. The van der Waals surface area contributed by atoms with Gasteiger partial charge in [0.05, 0.1) is 20.1 Å². The molecule has 1 aliphatic heterocycles. The second kappa shape index (κ2) is 9.75. The fourth-order valence-electron chi connectivity index (χ4n) is 5.65. The first-order chi connectivity index (χ1) is 17.0. The summed E-state index contributed by atoms with van der Waals surface area (Å²) in [5, 5.41) is 0. The maximum Gasteiger partial charge on any atom is 0.410 e. The van der Waals surface area contributed by atoms with Gasteiger partial charge in [0.25, 0.3) is 0 Å². The molecule has 2 unspecified atom stereocenters. The number of methoxy groups -OCH3 is 2. The van der Waals surface area contributed by atoms with Crippen LogP contribution < -0.4 is 4.90 Å². The Labute approximate surface area is 212 Å². The summed E-state index contributed by atoms with van der Waals surface area (Å²) in [6.45, 7) is 7.99. The van der Waals surface area contributed by atoms with Gasteiger partial charge in [-0.2, -0.15) is 0 Å². The molecule has 9 heteroatoms. The SMILES string of the molecule is COC(=O)CCC(C(=O)OC)C1C(=O)c2ccc(N3CCN(C(=O)OC(C)(C)C)CC3)cc2C12CC2. The van der Waals surface area contributed by atoms with E-state index < -0.39 is 34.8 Å². The van der Waals surface area contributed by atoms with Crippen molar-refractivity contribution in [2.75, 3.05) is 45.3 Å². The first kappa shape index (κ1) is 26.0. The van der Waals surface area contributed by atoms with Crippen LogP contribution in [0.3, 0.4) is 0 Å². The molecule has 196 valence electrons. The molecule has 36 heavy (non-hydrogen) atoms. The molecule has 1 saturated heterocycles. The Morgan fingerprint density at radius 2 is 1.72 bits per heavy atom. The number of anilines is 1. The summed E-state index contributed by atoms with van der Waals surface area (Å²) >= 11 is 0. The lowest BCUT2D eigenvalue weighted by molar-refractivity contribution is -0.148. The van der Waals surface area contributed by atoms with Crippen molar-refractivity contribution in [3.8, 4) is 0 Å². The molecule has 2 aliphatic carbocycles. The van der Waals surface area contributed by atoms with Crippen molar-refractivity contribution in [3.05, 3.63) is 29.3 Å². The van der Waals surface area contributed by atoms with Gasteiger partial charge >= 0.3 is 18.0 Å². The summed E-state index contributed by atoms with van der Waals surface area (Å²) in [4.78, 5) is 54.4. The predicted octanol–water partition coefficient (Wildman–Crippen LogP) is 3.33. The lowest BCUT2D eigenvalue weighted by atomic mass is 9.77. The van der Waals surface area contributed by atoms with Crippen molar-refractivity contribution in [1.29, 1.82) is 0 Å². The largest absolute Gasteiger partial charge is 0.469 e. The minimum absolute atomic E-state index is 0.0518. The summed E-state index contributed by atoms with van der Waals surface area (Å²) in [5.41, 5.74) is 1.71. The van der Waals surface area contributed by atoms with Crippen molar-refractivity contribution >= 4 is 29.5 Å². The third kappa shape index (κ3) is 4.92. The summed E-state index contributed by atoms with van der Waals surface area (Å²) in [6, 6.07) is 5.89. The van der Waals surface area contributed by atoms with Crippen LogP contribution in [0.2, 0.25) is 0 Å². The highest BCUT2D eigenvalue weighted by Gasteiger charge is 2.62. The molecule has 1 aromatic rings. The van der Waals surface area contributed by atoms with Crippen LogP contribution in [0.1, 0.15) is 62.4 Å². The average molecular weight is 501 g/mol.